The van der Waals surface area contributed by atoms with Gasteiger partial charge in [-0.1, -0.05) is 285 Å². The highest BCUT2D eigenvalue weighted by Gasteiger charge is 2.19. The maximum Gasteiger partial charge on any atom is 0.306 e. The summed E-state index contributed by atoms with van der Waals surface area (Å²) in [4.78, 5) is 38.3. The van der Waals surface area contributed by atoms with E-state index in [4.69, 9.17) is 14.2 Å². The SMILES string of the molecule is CC/C=C\C/C=C\C/C=C\C/C=C\C/C=C\C/C=C\CCCCCCC(=O)OCC(COC(=O)CCCCCCCCCCCCCC)OC(=O)CCCCCCCCCCCCC/C=C\C/C=C\CCCCCCC. The number of esters is 3. The number of hydrogen-bond acceptors (Lipinski definition) is 6. The van der Waals surface area contributed by atoms with E-state index in [-0.39, 0.29) is 31.1 Å². The number of ether oxygens (including phenoxy) is 3. The third-order valence-corrected chi connectivity index (χ3v) is 13.8. The van der Waals surface area contributed by atoms with Crippen LogP contribution in [-0.4, -0.2) is 37.2 Å². The molecule has 0 N–H and O–H groups in total. The molecule has 0 aliphatic heterocycles. The van der Waals surface area contributed by atoms with Gasteiger partial charge in [-0.2, -0.15) is 0 Å². The molecule has 0 aliphatic carbocycles. The average Bonchev–Trinajstić information content (AvgIpc) is 3.42. The van der Waals surface area contributed by atoms with Crippen molar-refractivity contribution in [3.63, 3.8) is 0 Å². The molecule has 1 atom stereocenters. The summed E-state index contributed by atoms with van der Waals surface area (Å²) in [6.45, 7) is 6.52. The molecule has 6 nitrogen and oxygen atoms in total. The van der Waals surface area contributed by atoms with Crippen molar-refractivity contribution in [3.05, 3.63) is 97.2 Å². The zero-order valence-electron chi connectivity index (χ0n) is 50.0. The summed E-state index contributed by atoms with van der Waals surface area (Å²) in [5.41, 5.74) is 0. The molecular weight excluding hydrogens is 937 g/mol. The third-order valence-electron chi connectivity index (χ3n) is 13.8. The van der Waals surface area contributed by atoms with Gasteiger partial charge in [-0.3, -0.25) is 14.4 Å². The van der Waals surface area contributed by atoms with Crippen LogP contribution in [0.4, 0.5) is 0 Å². The Morgan fingerprint density at radius 3 is 0.803 bits per heavy atom. The lowest BCUT2D eigenvalue weighted by molar-refractivity contribution is -0.167. The van der Waals surface area contributed by atoms with E-state index in [1.165, 1.54) is 154 Å². The molecule has 0 radical (unpaired) electrons. The molecular formula is C70H120O6. The molecule has 0 aromatic carbocycles. The second kappa shape index (κ2) is 63.9. The van der Waals surface area contributed by atoms with Crippen LogP contribution in [0.2, 0.25) is 0 Å². The summed E-state index contributed by atoms with van der Waals surface area (Å²) in [6.07, 6.45) is 85.5. The fourth-order valence-corrected chi connectivity index (χ4v) is 9.01. The molecule has 0 heterocycles. The maximum atomic E-state index is 12.9. The van der Waals surface area contributed by atoms with E-state index < -0.39 is 6.10 Å². The van der Waals surface area contributed by atoms with Gasteiger partial charge in [-0.25, -0.2) is 0 Å². The van der Waals surface area contributed by atoms with Gasteiger partial charge in [-0.15, -0.1) is 0 Å². The fraction of sp³-hybridized carbons (Fsp3) is 0.729. The fourth-order valence-electron chi connectivity index (χ4n) is 9.01. The van der Waals surface area contributed by atoms with Crippen molar-refractivity contribution in [2.24, 2.45) is 0 Å². The molecule has 6 heteroatoms. The summed E-state index contributed by atoms with van der Waals surface area (Å²) in [7, 11) is 0. The molecule has 1 unspecified atom stereocenters. The highest BCUT2D eigenvalue weighted by Crippen LogP contribution is 2.16. The first-order valence-electron chi connectivity index (χ1n) is 32.2. The molecule has 0 fully saturated rings. The minimum Gasteiger partial charge on any atom is -0.462 e. The van der Waals surface area contributed by atoms with Crippen LogP contribution in [0, 0.1) is 0 Å². The molecule has 0 aliphatic rings. The molecule has 0 aromatic heterocycles. The van der Waals surface area contributed by atoms with E-state index in [0.29, 0.717) is 19.3 Å². The largest absolute Gasteiger partial charge is 0.462 e. The van der Waals surface area contributed by atoms with E-state index in [1.54, 1.807) is 0 Å². The van der Waals surface area contributed by atoms with Crippen molar-refractivity contribution in [2.75, 3.05) is 13.2 Å². The van der Waals surface area contributed by atoms with Crippen LogP contribution in [0.5, 0.6) is 0 Å². The zero-order chi connectivity index (χ0) is 55.0. The van der Waals surface area contributed by atoms with E-state index in [9.17, 15) is 14.4 Å². The molecule has 0 rings (SSSR count). The lowest BCUT2D eigenvalue weighted by atomic mass is 10.0. The van der Waals surface area contributed by atoms with Gasteiger partial charge in [0.15, 0.2) is 6.10 Å². The number of carbonyl (C=O) groups is 3. The van der Waals surface area contributed by atoms with Crippen LogP contribution < -0.4 is 0 Å². The van der Waals surface area contributed by atoms with Gasteiger partial charge in [0.2, 0.25) is 0 Å². The Balaban J connectivity index is 4.37. The van der Waals surface area contributed by atoms with Crippen LogP contribution in [0.15, 0.2) is 97.2 Å². The normalized spacial score (nSPS) is 12.7. The number of hydrogen-bond donors (Lipinski definition) is 0. The number of rotatable bonds is 58. The minimum atomic E-state index is -0.790. The van der Waals surface area contributed by atoms with Crippen LogP contribution in [-0.2, 0) is 28.6 Å². The Morgan fingerprint density at radius 2 is 0.513 bits per heavy atom. The number of unbranched alkanes of at least 4 members (excludes halogenated alkanes) is 31. The van der Waals surface area contributed by atoms with Crippen molar-refractivity contribution in [1.82, 2.24) is 0 Å². The summed E-state index contributed by atoms with van der Waals surface area (Å²) in [5, 5.41) is 0. The van der Waals surface area contributed by atoms with Crippen molar-refractivity contribution in [2.45, 2.75) is 316 Å². The Kier molecular flexibility index (Phi) is 60.8. The molecule has 0 saturated carbocycles. The molecule has 0 spiro atoms. The highest BCUT2D eigenvalue weighted by atomic mass is 16.6. The van der Waals surface area contributed by atoms with Crippen molar-refractivity contribution in [3.8, 4) is 0 Å². The van der Waals surface area contributed by atoms with E-state index in [0.717, 1.165) is 116 Å². The summed E-state index contributed by atoms with van der Waals surface area (Å²) >= 11 is 0. The summed E-state index contributed by atoms with van der Waals surface area (Å²) < 4.78 is 16.9. The quantitative estimate of drug-likeness (QED) is 0.0261. The molecule has 0 bridgehead atoms. The zero-order valence-corrected chi connectivity index (χ0v) is 50.0. The Bertz CT molecular complexity index is 1490. The molecule has 0 amide bonds. The van der Waals surface area contributed by atoms with Gasteiger partial charge in [0.25, 0.3) is 0 Å². The van der Waals surface area contributed by atoms with E-state index >= 15 is 0 Å². The lowest BCUT2D eigenvalue weighted by Crippen LogP contribution is -2.30. The van der Waals surface area contributed by atoms with Gasteiger partial charge >= 0.3 is 17.9 Å². The molecule has 76 heavy (non-hydrogen) atoms. The van der Waals surface area contributed by atoms with Gasteiger partial charge in [-0.05, 0) is 103 Å². The topological polar surface area (TPSA) is 78.9 Å². The van der Waals surface area contributed by atoms with Crippen molar-refractivity contribution < 1.29 is 28.6 Å². The molecule has 0 aromatic rings. The highest BCUT2D eigenvalue weighted by molar-refractivity contribution is 5.71. The first-order chi connectivity index (χ1) is 37.5. The number of allylic oxidation sites excluding steroid dienone is 16. The molecule has 0 saturated heterocycles. The third kappa shape index (κ3) is 61.2. The van der Waals surface area contributed by atoms with Crippen molar-refractivity contribution >= 4 is 17.9 Å². The Hall–Kier alpha value is -3.67. The second-order valence-corrected chi connectivity index (χ2v) is 21.3. The van der Waals surface area contributed by atoms with Crippen LogP contribution in [0.1, 0.15) is 310 Å². The first-order valence-corrected chi connectivity index (χ1v) is 32.2. The van der Waals surface area contributed by atoms with Gasteiger partial charge in [0.1, 0.15) is 13.2 Å². The predicted molar refractivity (Wildman–Crippen MR) is 330 cm³/mol. The van der Waals surface area contributed by atoms with Crippen LogP contribution in [0.25, 0.3) is 0 Å². The predicted octanol–water partition coefficient (Wildman–Crippen LogP) is 22.0. The minimum absolute atomic E-state index is 0.0844. The smallest absolute Gasteiger partial charge is 0.306 e. The Labute approximate surface area is 470 Å². The van der Waals surface area contributed by atoms with E-state index in [2.05, 4.69) is 118 Å². The number of carbonyl (C=O) groups excluding carboxylic acids is 3. The van der Waals surface area contributed by atoms with Crippen molar-refractivity contribution in [1.29, 1.82) is 0 Å². The van der Waals surface area contributed by atoms with Gasteiger partial charge in [0.05, 0.1) is 0 Å². The van der Waals surface area contributed by atoms with Gasteiger partial charge in [0, 0.05) is 19.3 Å². The van der Waals surface area contributed by atoms with Crippen LogP contribution >= 0.6 is 0 Å². The lowest BCUT2D eigenvalue weighted by Gasteiger charge is -2.18. The van der Waals surface area contributed by atoms with Gasteiger partial charge < -0.3 is 14.2 Å². The van der Waals surface area contributed by atoms with Crippen LogP contribution in [0.3, 0.4) is 0 Å². The Morgan fingerprint density at radius 1 is 0.276 bits per heavy atom. The first kappa shape index (κ1) is 72.3. The second-order valence-electron chi connectivity index (χ2n) is 21.3. The van der Waals surface area contributed by atoms with E-state index in [1.807, 2.05) is 0 Å². The molecule has 436 valence electrons. The maximum absolute atomic E-state index is 12.9. The summed E-state index contributed by atoms with van der Waals surface area (Å²) in [5.74, 6) is -0.902. The monoisotopic (exact) mass is 1060 g/mol. The average molecular weight is 1060 g/mol. The standard InChI is InChI=1S/C70H120O6/c1-4-7-10-13-16-19-22-25-27-29-31-33-35-37-39-41-43-45-48-51-54-57-60-63-69(72)75-66-67(65-74-68(71)62-59-56-53-50-47-24-21-18-15-12-9-6-3)76-70(73)64-61-58-55-52-49-46-44-42-40-38-36-34-32-30-28-26-23-20-17-14-11-8-5-2/h7,10,16,19,23,25-27,30-33,37,39,43,45,67H,4-6,8-9,11-15,17-18,20-22,24,28-29,34-36,38,40-42,44,46-66H2,1-3H3/b10-7-,19-16-,26-23-,27-25-,32-30-,33-31-,39-37-,45-43-. The summed E-state index contributed by atoms with van der Waals surface area (Å²) in [6, 6.07) is 0.